The van der Waals surface area contributed by atoms with Crippen molar-refractivity contribution in [3.8, 4) is 0 Å². The van der Waals surface area contributed by atoms with Crippen LogP contribution in [0.4, 0.5) is 0 Å². The summed E-state index contributed by atoms with van der Waals surface area (Å²) in [6, 6.07) is 0.0418. The van der Waals surface area contributed by atoms with E-state index < -0.39 is 0 Å². The Morgan fingerprint density at radius 3 is 2.42 bits per heavy atom. The molecular weight excluding hydrogens is 152 g/mol. The highest BCUT2D eigenvalue weighted by Crippen LogP contribution is 2.28. The monoisotopic (exact) mass is 170 g/mol. The fourth-order valence-electron chi connectivity index (χ4n) is 1.10. The van der Waals surface area contributed by atoms with Crippen LogP contribution < -0.4 is 11.1 Å². The molecule has 3 N–H and O–H groups in total. The van der Waals surface area contributed by atoms with Gasteiger partial charge in [0.15, 0.2) is 0 Å². The standard InChI is InChI=1S/C9H18N2O/c1-5(2)8(10)9(12)11-7-4-6(7)3/h5-8H,4,10H2,1-3H3,(H,11,12). The van der Waals surface area contributed by atoms with Crippen LogP contribution in [-0.4, -0.2) is 18.0 Å². The number of hydrogen-bond acceptors (Lipinski definition) is 2. The maximum Gasteiger partial charge on any atom is 0.237 e. The number of carbonyl (C=O) groups is 1. The maximum atomic E-state index is 11.3. The fraction of sp³-hybridized carbons (Fsp3) is 0.889. The molecule has 1 fully saturated rings. The zero-order chi connectivity index (χ0) is 9.30. The molecule has 0 aliphatic heterocycles. The Labute approximate surface area is 73.7 Å². The van der Waals surface area contributed by atoms with E-state index in [9.17, 15) is 4.79 Å². The van der Waals surface area contributed by atoms with Gasteiger partial charge in [0.25, 0.3) is 0 Å². The smallest absolute Gasteiger partial charge is 0.237 e. The molecule has 0 radical (unpaired) electrons. The average Bonchev–Trinajstić information content (AvgIpc) is 2.64. The molecule has 70 valence electrons. The van der Waals surface area contributed by atoms with Crippen molar-refractivity contribution in [3.63, 3.8) is 0 Å². The van der Waals surface area contributed by atoms with Gasteiger partial charge in [-0.15, -0.1) is 0 Å². The van der Waals surface area contributed by atoms with E-state index in [0.29, 0.717) is 12.0 Å². The molecule has 0 bridgehead atoms. The van der Waals surface area contributed by atoms with Gasteiger partial charge in [-0.25, -0.2) is 0 Å². The average molecular weight is 170 g/mol. The number of amides is 1. The molecular formula is C9H18N2O. The van der Waals surface area contributed by atoms with E-state index in [1.807, 2.05) is 13.8 Å². The predicted molar refractivity (Wildman–Crippen MR) is 48.5 cm³/mol. The van der Waals surface area contributed by atoms with Crippen LogP contribution in [0, 0.1) is 11.8 Å². The Morgan fingerprint density at radius 2 is 2.08 bits per heavy atom. The van der Waals surface area contributed by atoms with E-state index in [-0.39, 0.29) is 17.9 Å². The minimum absolute atomic E-state index is 0.000602. The Bertz CT molecular complexity index is 179. The Balaban J connectivity index is 2.28. The lowest BCUT2D eigenvalue weighted by Crippen LogP contribution is -2.45. The molecule has 12 heavy (non-hydrogen) atoms. The lowest BCUT2D eigenvalue weighted by atomic mass is 10.1. The number of nitrogens with two attached hydrogens (primary N) is 1. The molecule has 0 aromatic heterocycles. The van der Waals surface area contributed by atoms with Gasteiger partial charge in [0.05, 0.1) is 6.04 Å². The van der Waals surface area contributed by atoms with Gasteiger partial charge in [0.1, 0.15) is 0 Å². The van der Waals surface area contributed by atoms with Gasteiger partial charge in [-0.1, -0.05) is 20.8 Å². The highest BCUT2D eigenvalue weighted by Gasteiger charge is 2.35. The summed E-state index contributed by atoms with van der Waals surface area (Å²) in [6.45, 7) is 6.05. The quantitative estimate of drug-likeness (QED) is 0.648. The summed E-state index contributed by atoms with van der Waals surface area (Å²) in [4.78, 5) is 11.3. The molecule has 0 heterocycles. The molecule has 1 saturated carbocycles. The number of carbonyl (C=O) groups excluding carboxylic acids is 1. The molecule has 3 nitrogen and oxygen atoms in total. The molecule has 1 rings (SSSR count). The highest BCUT2D eigenvalue weighted by atomic mass is 16.2. The van der Waals surface area contributed by atoms with Crippen LogP contribution in [0.3, 0.4) is 0 Å². The Hall–Kier alpha value is -0.570. The molecule has 0 aromatic carbocycles. The van der Waals surface area contributed by atoms with Crippen LogP contribution in [0.1, 0.15) is 27.2 Å². The van der Waals surface area contributed by atoms with Crippen molar-refractivity contribution < 1.29 is 4.79 Å². The SMILES string of the molecule is CC(C)C(N)C(=O)NC1CC1C. The lowest BCUT2D eigenvalue weighted by molar-refractivity contribution is -0.123. The summed E-state index contributed by atoms with van der Waals surface area (Å²) < 4.78 is 0. The van der Waals surface area contributed by atoms with E-state index in [2.05, 4.69) is 12.2 Å². The normalized spacial score (nSPS) is 30.1. The van der Waals surface area contributed by atoms with E-state index in [0.717, 1.165) is 6.42 Å². The summed E-state index contributed by atoms with van der Waals surface area (Å²) in [6.07, 6.45) is 1.11. The van der Waals surface area contributed by atoms with Crippen LogP contribution in [-0.2, 0) is 4.79 Å². The van der Waals surface area contributed by atoms with Crippen LogP contribution >= 0.6 is 0 Å². The van der Waals surface area contributed by atoms with Crippen molar-refractivity contribution in [2.75, 3.05) is 0 Å². The summed E-state index contributed by atoms with van der Waals surface area (Å²) in [5.74, 6) is 0.867. The van der Waals surface area contributed by atoms with Crippen molar-refractivity contribution in [1.82, 2.24) is 5.32 Å². The number of hydrogen-bond donors (Lipinski definition) is 2. The molecule has 3 unspecified atom stereocenters. The largest absolute Gasteiger partial charge is 0.352 e. The molecule has 1 amide bonds. The second-order valence-electron chi connectivity index (χ2n) is 4.10. The Kier molecular flexibility index (Phi) is 2.73. The second kappa shape index (κ2) is 3.44. The first kappa shape index (κ1) is 9.52. The van der Waals surface area contributed by atoms with Crippen molar-refractivity contribution in [2.45, 2.75) is 39.3 Å². The molecule has 0 saturated heterocycles. The van der Waals surface area contributed by atoms with E-state index in [1.165, 1.54) is 0 Å². The molecule has 0 spiro atoms. The first-order valence-electron chi connectivity index (χ1n) is 4.58. The van der Waals surface area contributed by atoms with Crippen LogP contribution in [0.25, 0.3) is 0 Å². The third kappa shape index (κ3) is 2.21. The highest BCUT2D eigenvalue weighted by molar-refractivity contribution is 5.82. The molecule has 1 aliphatic rings. The minimum Gasteiger partial charge on any atom is -0.352 e. The zero-order valence-corrected chi connectivity index (χ0v) is 8.00. The zero-order valence-electron chi connectivity index (χ0n) is 8.00. The molecule has 3 heteroatoms. The summed E-state index contributed by atoms with van der Waals surface area (Å²) in [5.41, 5.74) is 5.67. The van der Waals surface area contributed by atoms with E-state index in [1.54, 1.807) is 0 Å². The summed E-state index contributed by atoms with van der Waals surface area (Å²) in [7, 11) is 0. The topological polar surface area (TPSA) is 55.1 Å². The first-order valence-corrected chi connectivity index (χ1v) is 4.58. The van der Waals surface area contributed by atoms with Crippen LogP contribution in [0.2, 0.25) is 0 Å². The lowest BCUT2D eigenvalue weighted by Gasteiger charge is -2.14. The van der Waals surface area contributed by atoms with Gasteiger partial charge in [-0.2, -0.15) is 0 Å². The van der Waals surface area contributed by atoms with Crippen molar-refractivity contribution in [3.05, 3.63) is 0 Å². The third-order valence-electron chi connectivity index (χ3n) is 2.46. The Morgan fingerprint density at radius 1 is 1.58 bits per heavy atom. The van der Waals surface area contributed by atoms with Gasteiger partial charge in [0, 0.05) is 6.04 Å². The van der Waals surface area contributed by atoms with Gasteiger partial charge in [0.2, 0.25) is 5.91 Å². The third-order valence-corrected chi connectivity index (χ3v) is 2.46. The first-order chi connectivity index (χ1) is 5.52. The second-order valence-corrected chi connectivity index (χ2v) is 4.10. The van der Waals surface area contributed by atoms with Crippen molar-refractivity contribution >= 4 is 5.91 Å². The van der Waals surface area contributed by atoms with Crippen molar-refractivity contribution in [2.24, 2.45) is 17.6 Å². The maximum absolute atomic E-state index is 11.3. The fourth-order valence-corrected chi connectivity index (χ4v) is 1.10. The van der Waals surface area contributed by atoms with Gasteiger partial charge < -0.3 is 11.1 Å². The number of nitrogens with one attached hydrogen (secondary N) is 1. The van der Waals surface area contributed by atoms with Gasteiger partial charge in [-0.05, 0) is 18.3 Å². The summed E-state index contributed by atoms with van der Waals surface area (Å²) in [5, 5.41) is 2.92. The molecule has 3 atom stereocenters. The summed E-state index contributed by atoms with van der Waals surface area (Å²) >= 11 is 0. The molecule has 0 aromatic rings. The van der Waals surface area contributed by atoms with E-state index >= 15 is 0 Å². The predicted octanol–water partition coefficient (Wildman–Crippen LogP) is 0.494. The van der Waals surface area contributed by atoms with Crippen LogP contribution in [0.15, 0.2) is 0 Å². The van der Waals surface area contributed by atoms with Crippen molar-refractivity contribution in [1.29, 1.82) is 0 Å². The van der Waals surface area contributed by atoms with Crippen LogP contribution in [0.5, 0.6) is 0 Å². The van der Waals surface area contributed by atoms with E-state index in [4.69, 9.17) is 5.73 Å². The molecule has 1 aliphatic carbocycles. The number of rotatable bonds is 3. The van der Waals surface area contributed by atoms with Gasteiger partial charge in [-0.3, -0.25) is 4.79 Å². The minimum atomic E-state index is -0.349. The van der Waals surface area contributed by atoms with Gasteiger partial charge >= 0.3 is 0 Å².